The molecule has 37 heavy (non-hydrogen) atoms. The molecular formula is C27H22N8O2. The molecule has 0 aliphatic carbocycles. The summed E-state index contributed by atoms with van der Waals surface area (Å²) in [4.78, 5) is 22.2. The number of anilines is 1. The highest BCUT2D eigenvalue weighted by molar-refractivity contribution is 5.95. The highest BCUT2D eigenvalue weighted by Gasteiger charge is 2.19. The van der Waals surface area contributed by atoms with E-state index < -0.39 is 0 Å². The highest BCUT2D eigenvalue weighted by atomic mass is 16.7. The number of rotatable bonds is 5. The lowest BCUT2D eigenvalue weighted by Crippen LogP contribution is -2.09. The summed E-state index contributed by atoms with van der Waals surface area (Å²) in [5.41, 5.74) is 8.05. The molecule has 6 aromatic rings. The fraction of sp³-hybridized carbons (Fsp3) is 0.148. The third-order valence-electron chi connectivity index (χ3n) is 6.17. The molecule has 5 aromatic heterocycles. The Labute approximate surface area is 211 Å². The SMILES string of the molecule is CC(C)Nc1cncc(-c2ccc3[nH]nc(-c4nc5c(-c6ccc7c(c6)OCO7)nccc5[nH]4)c3n2)c1. The van der Waals surface area contributed by atoms with E-state index in [-0.39, 0.29) is 6.79 Å². The quantitative estimate of drug-likeness (QED) is 0.302. The van der Waals surface area contributed by atoms with E-state index in [1.54, 1.807) is 6.20 Å². The number of aromatic amines is 2. The Balaban J connectivity index is 1.31. The van der Waals surface area contributed by atoms with Gasteiger partial charge in [-0.2, -0.15) is 5.10 Å². The molecule has 1 aliphatic rings. The Hall–Kier alpha value is -4.99. The fourth-order valence-electron chi connectivity index (χ4n) is 4.52. The van der Waals surface area contributed by atoms with Gasteiger partial charge in [0.05, 0.1) is 28.1 Å². The number of H-pyrrole nitrogens is 2. The van der Waals surface area contributed by atoms with Crippen molar-refractivity contribution >= 4 is 27.8 Å². The third-order valence-corrected chi connectivity index (χ3v) is 6.17. The lowest BCUT2D eigenvalue weighted by molar-refractivity contribution is 0.174. The van der Waals surface area contributed by atoms with Crippen LogP contribution in [0.5, 0.6) is 11.5 Å². The van der Waals surface area contributed by atoms with Gasteiger partial charge in [0.25, 0.3) is 0 Å². The van der Waals surface area contributed by atoms with E-state index >= 15 is 0 Å². The number of pyridine rings is 3. The maximum Gasteiger partial charge on any atom is 0.231 e. The first-order chi connectivity index (χ1) is 18.1. The molecule has 3 N–H and O–H groups in total. The first-order valence-corrected chi connectivity index (χ1v) is 11.9. The lowest BCUT2D eigenvalue weighted by Gasteiger charge is -2.10. The second kappa shape index (κ2) is 8.30. The number of fused-ring (bicyclic) bond motifs is 3. The molecule has 6 heterocycles. The van der Waals surface area contributed by atoms with Gasteiger partial charge in [-0.1, -0.05) is 0 Å². The number of hydrogen-bond donors (Lipinski definition) is 3. The molecule has 182 valence electrons. The summed E-state index contributed by atoms with van der Waals surface area (Å²) in [6.45, 7) is 4.41. The van der Waals surface area contributed by atoms with Crippen molar-refractivity contribution in [2.75, 3.05) is 12.1 Å². The molecular weight excluding hydrogens is 468 g/mol. The molecule has 0 spiro atoms. The summed E-state index contributed by atoms with van der Waals surface area (Å²) in [5.74, 6) is 2.03. The molecule has 10 heteroatoms. The molecule has 0 radical (unpaired) electrons. The first kappa shape index (κ1) is 21.3. The number of benzene rings is 1. The summed E-state index contributed by atoms with van der Waals surface area (Å²) in [6.07, 6.45) is 5.38. The van der Waals surface area contributed by atoms with E-state index in [4.69, 9.17) is 19.4 Å². The summed E-state index contributed by atoms with van der Waals surface area (Å²) in [6, 6.07) is 13.9. The number of nitrogens with one attached hydrogen (secondary N) is 3. The van der Waals surface area contributed by atoms with Crippen LogP contribution in [0.4, 0.5) is 5.69 Å². The second-order valence-corrected chi connectivity index (χ2v) is 9.14. The molecule has 0 atom stereocenters. The van der Waals surface area contributed by atoms with Crippen LogP contribution in [0.15, 0.2) is 61.1 Å². The van der Waals surface area contributed by atoms with Gasteiger partial charge in [0.1, 0.15) is 11.0 Å². The number of ether oxygens (including phenoxy) is 2. The van der Waals surface area contributed by atoms with Crippen LogP contribution in [-0.4, -0.2) is 48.0 Å². The van der Waals surface area contributed by atoms with E-state index in [9.17, 15) is 0 Å². The van der Waals surface area contributed by atoms with Crippen molar-refractivity contribution in [2.24, 2.45) is 0 Å². The molecule has 0 bridgehead atoms. The summed E-state index contributed by atoms with van der Waals surface area (Å²) in [7, 11) is 0. The average molecular weight is 491 g/mol. The standard InChI is InChI=1S/C27H22N8O2/c1-14(2)30-17-9-16(11-28-12-17)18-4-5-20-25(31-18)26(35-34-20)27-32-19-7-8-29-23(24(19)33-27)15-3-6-21-22(10-15)37-13-36-21/h3-12,14,30H,13H2,1-2H3,(H,32,33)(H,34,35). The Morgan fingerprint density at radius 3 is 2.68 bits per heavy atom. The minimum absolute atomic E-state index is 0.221. The predicted octanol–water partition coefficient (Wildman–Crippen LogP) is 5.17. The Bertz CT molecular complexity index is 1790. The smallest absolute Gasteiger partial charge is 0.231 e. The van der Waals surface area contributed by atoms with Crippen molar-refractivity contribution in [3.05, 3.63) is 61.1 Å². The summed E-state index contributed by atoms with van der Waals surface area (Å²) in [5, 5.41) is 11.0. The molecule has 7 rings (SSSR count). The predicted molar refractivity (Wildman–Crippen MR) is 140 cm³/mol. The van der Waals surface area contributed by atoms with Gasteiger partial charge in [0.15, 0.2) is 23.0 Å². The normalized spacial score (nSPS) is 12.6. The van der Waals surface area contributed by atoms with Crippen LogP contribution in [0.2, 0.25) is 0 Å². The maximum absolute atomic E-state index is 5.55. The van der Waals surface area contributed by atoms with Crippen LogP contribution in [0.25, 0.3) is 56.1 Å². The maximum atomic E-state index is 5.55. The number of hydrogen-bond acceptors (Lipinski definition) is 8. The molecule has 1 aliphatic heterocycles. The molecule has 10 nitrogen and oxygen atoms in total. The van der Waals surface area contributed by atoms with Crippen molar-refractivity contribution in [1.82, 2.24) is 35.1 Å². The van der Waals surface area contributed by atoms with Crippen molar-refractivity contribution in [1.29, 1.82) is 0 Å². The first-order valence-electron chi connectivity index (χ1n) is 11.9. The van der Waals surface area contributed by atoms with E-state index in [2.05, 4.69) is 44.3 Å². The summed E-state index contributed by atoms with van der Waals surface area (Å²) >= 11 is 0. The zero-order valence-electron chi connectivity index (χ0n) is 20.1. The van der Waals surface area contributed by atoms with Crippen LogP contribution in [0.3, 0.4) is 0 Å². The van der Waals surface area contributed by atoms with E-state index in [1.165, 1.54) is 0 Å². The van der Waals surface area contributed by atoms with Crippen LogP contribution in [0, 0.1) is 0 Å². The fourth-order valence-corrected chi connectivity index (χ4v) is 4.52. The van der Waals surface area contributed by atoms with Crippen molar-refractivity contribution in [3.63, 3.8) is 0 Å². The molecule has 0 amide bonds. The topological polar surface area (TPSA) is 127 Å². The van der Waals surface area contributed by atoms with Crippen LogP contribution >= 0.6 is 0 Å². The van der Waals surface area contributed by atoms with Gasteiger partial charge in [-0.15, -0.1) is 0 Å². The van der Waals surface area contributed by atoms with Gasteiger partial charge in [-0.25, -0.2) is 9.97 Å². The van der Waals surface area contributed by atoms with E-state index in [1.807, 2.05) is 54.9 Å². The second-order valence-electron chi connectivity index (χ2n) is 9.14. The van der Waals surface area contributed by atoms with E-state index in [0.29, 0.717) is 23.3 Å². The molecule has 0 fully saturated rings. The van der Waals surface area contributed by atoms with Crippen molar-refractivity contribution < 1.29 is 9.47 Å². The van der Waals surface area contributed by atoms with Crippen molar-refractivity contribution in [3.8, 4) is 45.5 Å². The lowest BCUT2D eigenvalue weighted by atomic mass is 10.1. The minimum atomic E-state index is 0.221. The van der Waals surface area contributed by atoms with Gasteiger partial charge in [-0.05, 0) is 56.3 Å². The Morgan fingerprint density at radius 2 is 1.76 bits per heavy atom. The van der Waals surface area contributed by atoms with Gasteiger partial charge < -0.3 is 19.8 Å². The zero-order chi connectivity index (χ0) is 24.9. The molecule has 0 unspecified atom stereocenters. The highest BCUT2D eigenvalue weighted by Crippen LogP contribution is 2.37. The third kappa shape index (κ3) is 3.70. The van der Waals surface area contributed by atoms with Crippen LogP contribution < -0.4 is 14.8 Å². The molecule has 1 aromatic carbocycles. The largest absolute Gasteiger partial charge is 0.454 e. The van der Waals surface area contributed by atoms with Gasteiger partial charge in [-0.3, -0.25) is 15.1 Å². The molecule has 0 saturated carbocycles. The van der Waals surface area contributed by atoms with Gasteiger partial charge in [0, 0.05) is 35.8 Å². The monoisotopic (exact) mass is 490 g/mol. The number of nitrogens with zero attached hydrogens (tertiary/aromatic N) is 5. The zero-order valence-corrected chi connectivity index (χ0v) is 20.1. The Kier molecular flexibility index (Phi) is 4.78. The molecule has 0 saturated heterocycles. The van der Waals surface area contributed by atoms with E-state index in [0.717, 1.165) is 56.0 Å². The van der Waals surface area contributed by atoms with Gasteiger partial charge >= 0.3 is 0 Å². The average Bonchev–Trinajstić information content (AvgIpc) is 3.65. The van der Waals surface area contributed by atoms with Gasteiger partial charge in [0.2, 0.25) is 6.79 Å². The number of imidazole rings is 1. The Morgan fingerprint density at radius 1 is 0.865 bits per heavy atom. The summed E-state index contributed by atoms with van der Waals surface area (Å²) < 4.78 is 11.0. The number of aromatic nitrogens is 7. The van der Waals surface area contributed by atoms with Crippen LogP contribution in [0.1, 0.15) is 13.8 Å². The van der Waals surface area contributed by atoms with Crippen LogP contribution in [-0.2, 0) is 0 Å². The van der Waals surface area contributed by atoms with Crippen molar-refractivity contribution in [2.45, 2.75) is 19.9 Å². The minimum Gasteiger partial charge on any atom is -0.454 e.